The van der Waals surface area contributed by atoms with E-state index in [4.69, 9.17) is 14.2 Å². The van der Waals surface area contributed by atoms with Gasteiger partial charge in [0.2, 0.25) is 0 Å². The van der Waals surface area contributed by atoms with Crippen LogP contribution in [-0.4, -0.2) is 41.8 Å². The number of hydrogen-bond donors (Lipinski definition) is 1. The highest BCUT2D eigenvalue weighted by Gasteiger charge is 2.48. The third-order valence-corrected chi connectivity index (χ3v) is 5.53. The lowest BCUT2D eigenvalue weighted by molar-refractivity contribution is 0.0362. The van der Waals surface area contributed by atoms with Gasteiger partial charge in [0, 0.05) is 47.6 Å². The number of aromatic nitrogens is 2. The minimum atomic E-state index is -0.249. The molecule has 1 aliphatic carbocycles. The largest absolute Gasteiger partial charge is 0.493 e. The zero-order chi connectivity index (χ0) is 20.0. The zero-order valence-electron chi connectivity index (χ0n) is 16.7. The Morgan fingerprint density at radius 2 is 1.86 bits per heavy atom. The summed E-state index contributed by atoms with van der Waals surface area (Å²) >= 11 is 0. The number of aromatic amines is 1. The maximum absolute atomic E-state index is 6.32. The molecule has 6 nitrogen and oxygen atoms in total. The van der Waals surface area contributed by atoms with E-state index in [1.165, 1.54) is 0 Å². The van der Waals surface area contributed by atoms with Crippen LogP contribution in [0, 0.1) is 0 Å². The van der Waals surface area contributed by atoms with Gasteiger partial charge in [0.05, 0.1) is 12.6 Å². The molecule has 4 aromatic rings. The van der Waals surface area contributed by atoms with Gasteiger partial charge in [-0.2, -0.15) is 0 Å². The van der Waals surface area contributed by atoms with E-state index in [2.05, 4.69) is 14.9 Å². The van der Waals surface area contributed by atoms with Gasteiger partial charge < -0.3 is 19.2 Å². The monoisotopic (exact) mass is 389 g/mol. The van der Waals surface area contributed by atoms with Crippen LogP contribution in [0.5, 0.6) is 23.0 Å². The van der Waals surface area contributed by atoms with Crippen LogP contribution in [0.3, 0.4) is 0 Å². The van der Waals surface area contributed by atoms with Crippen LogP contribution in [0.1, 0.15) is 12.8 Å². The molecule has 0 saturated heterocycles. The maximum Gasteiger partial charge on any atom is 0.166 e. The number of pyridine rings is 1. The highest BCUT2D eigenvalue weighted by Crippen LogP contribution is 2.46. The van der Waals surface area contributed by atoms with Gasteiger partial charge in [-0.15, -0.1) is 0 Å². The fourth-order valence-corrected chi connectivity index (χ4v) is 3.63. The quantitative estimate of drug-likeness (QED) is 0.473. The van der Waals surface area contributed by atoms with Gasteiger partial charge in [0.25, 0.3) is 0 Å². The van der Waals surface area contributed by atoms with Gasteiger partial charge in [-0.25, -0.2) is 0 Å². The molecule has 1 saturated carbocycles. The van der Waals surface area contributed by atoms with Crippen LogP contribution in [0.4, 0.5) is 0 Å². The standard InChI is InChI=1S/C23H23N3O3/c1-26(2)23(8-9-23)29-22-14-19-17(13-21(22)27-3)20(7-11-25-19)28-16-4-5-18-15(12-16)6-10-24-18/h4-7,10-14,24H,8-9H2,1-3H3. The lowest BCUT2D eigenvalue weighted by Crippen LogP contribution is -2.35. The Morgan fingerprint density at radius 3 is 2.62 bits per heavy atom. The predicted molar refractivity (Wildman–Crippen MR) is 113 cm³/mol. The van der Waals surface area contributed by atoms with Gasteiger partial charge in [0.15, 0.2) is 17.2 Å². The molecule has 0 amide bonds. The SMILES string of the molecule is COc1cc2c(Oc3ccc4[nH]ccc4c3)ccnc2cc1OC1(N(C)C)CC1. The Kier molecular flexibility index (Phi) is 4.10. The molecule has 1 aliphatic rings. The number of H-pyrrole nitrogens is 1. The lowest BCUT2D eigenvalue weighted by atomic mass is 10.1. The van der Waals surface area contributed by atoms with Crippen molar-refractivity contribution in [3.05, 3.63) is 54.9 Å². The predicted octanol–water partition coefficient (Wildman–Crippen LogP) is 4.95. The summed E-state index contributed by atoms with van der Waals surface area (Å²) < 4.78 is 18.1. The molecule has 0 bridgehead atoms. The number of nitrogens with one attached hydrogen (secondary N) is 1. The minimum absolute atomic E-state index is 0.249. The van der Waals surface area contributed by atoms with E-state index in [9.17, 15) is 0 Å². The molecule has 29 heavy (non-hydrogen) atoms. The van der Waals surface area contributed by atoms with Crippen LogP contribution in [0.2, 0.25) is 0 Å². The van der Waals surface area contributed by atoms with Crippen molar-refractivity contribution in [2.45, 2.75) is 18.6 Å². The third-order valence-electron chi connectivity index (χ3n) is 5.53. The van der Waals surface area contributed by atoms with Crippen LogP contribution < -0.4 is 14.2 Å². The molecule has 1 N–H and O–H groups in total. The average molecular weight is 389 g/mol. The molecular weight excluding hydrogens is 366 g/mol. The maximum atomic E-state index is 6.32. The molecule has 6 heteroatoms. The van der Waals surface area contributed by atoms with Crippen molar-refractivity contribution < 1.29 is 14.2 Å². The lowest BCUT2D eigenvalue weighted by Gasteiger charge is -2.26. The van der Waals surface area contributed by atoms with E-state index in [1.807, 2.05) is 62.8 Å². The van der Waals surface area contributed by atoms with Crippen LogP contribution in [0.15, 0.2) is 54.9 Å². The summed E-state index contributed by atoms with van der Waals surface area (Å²) in [6.45, 7) is 0. The highest BCUT2D eigenvalue weighted by molar-refractivity contribution is 5.88. The van der Waals surface area contributed by atoms with E-state index in [1.54, 1.807) is 13.3 Å². The van der Waals surface area contributed by atoms with E-state index in [0.717, 1.165) is 46.1 Å². The van der Waals surface area contributed by atoms with E-state index >= 15 is 0 Å². The van der Waals surface area contributed by atoms with E-state index in [-0.39, 0.29) is 5.72 Å². The number of nitrogens with zero attached hydrogens (tertiary/aromatic N) is 2. The normalized spacial score (nSPS) is 15.0. The summed E-state index contributed by atoms with van der Waals surface area (Å²) in [7, 11) is 5.72. The second-order valence-corrected chi connectivity index (χ2v) is 7.60. The van der Waals surface area contributed by atoms with Crippen molar-refractivity contribution >= 4 is 21.8 Å². The number of hydrogen-bond acceptors (Lipinski definition) is 5. The Bertz CT molecular complexity index is 1190. The first-order chi connectivity index (χ1) is 14.1. The van der Waals surface area contributed by atoms with Gasteiger partial charge in [-0.3, -0.25) is 9.88 Å². The third kappa shape index (κ3) is 3.15. The smallest absolute Gasteiger partial charge is 0.166 e. The van der Waals surface area contributed by atoms with Gasteiger partial charge in [-0.05, 0) is 50.5 Å². The number of methoxy groups -OCH3 is 1. The van der Waals surface area contributed by atoms with Gasteiger partial charge in [0.1, 0.15) is 11.5 Å². The molecule has 2 heterocycles. The first kappa shape index (κ1) is 17.8. The summed E-state index contributed by atoms with van der Waals surface area (Å²) in [5.41, 5.74) is 1.63. The molecule has 2 aromatic carbocycles. The summed E-state index contributed by atoms with van der Waals surface area (Å²) in [4.78, 5) is 9.83. The van der Waals surface area contributed by atoms with Crippen molar-refractivity contribution in [2.75, 3.05) is 21.2 Å². The second kappa shape index (κ2) is 6.67. The van der Waals surface area contributed by atoms with Crippen molar-refractivity contribution in [2.24, 2.45) is 0 Å². The van der Waals surface area contributed by atoms with E-state index < -0.39 is 0 Å². The Labute approximate surface area is 169 Å². The molecule has 5 rings (SSSR count). The molecule has 0 spiro atoms. The Hall–Kier alpha value is -3.25. The molecule has 0 atom stereocenters. The average Bonchev–Trinajstić information content (AvgIpc) is 3.36. The van der Waals surface area contributed by atoms with Gasteiger partial charge in [-0.1, -0.05) is 0 Å². The topological polar surface area (TPSA) is 59.6 Å². The molecule has 1 fully saturated rings. The van der Waals surface area contributed by atoms with Crippen molar-refractivity contribution in [1.82, 2.24) is 14.9 Å². The molecule has 0 radical (unpaired) electrons. The number of fused-ring (bicyclic) bond motifs is 2. The Balaban J connectivity index is 1.53. The van der Waals surface area contributed by atoms with Crippen molar-refractivity contribution in [3.8, 4) is 23.0 Å². The zero-order valence-corrected chi connectivity index (χ0v) is 16.7. The summed E-state index contributed by atoms with van der Waals surface area (Å²) in [6.07, 6.45) is 5.67. The molecule has 0 aliphatic heterocycles. The van der Waals surface area contributed by atoms with Crippen molar-refractivity contribution in [1.29, 1.82) is 0 Å². The summed E-state index contributed by atoms with van der Waals surface area (Å²) in [5.74, 6) is 2.87. The first-order valence-electron chi connectivity index (χ1n) is 9.66. The molecule has 148 valence electrons. The number of ether oxygens (including phenoxy) is 3. The van der Waals surface area contributed by atoms with Gasteiger partial charge >= 0.3 is 0 Å². The Morgan fingerprint density at radius 1 is 1.00 bits per heavy atom. The summed E-state index contributed by atoms with van der Waals surface area (Å²) in [6, 6.07) is 13.7. The fourth-order valence-electron chi connectivity index (χ4n) is 3.63. The van der Waals surface area contributed by atoms with Crippen LogP contribution in [-0.2, 0) is 0 Å². The van der Waals surface area contributed by atoms with Crippen molar-refractivity contribution in [3.63, 3.8) is 0 Å². The molecule has 2 aromatic heterocycles. The highest BCUT2D eigenvalue weighted by atomic mass is 16.5. The second-order valence-electron chi connectivity index (χ2n) is 7.60. The number of benzene rings is 2. The fraction of sp³-hybridized carbons (Fsp3) is 0.261. The van der Waals surface area contributed by atoms with E-state index in [0.29, 0.717) is 11.5 Å². The van der Waals surface area contributed by atoms with Crippen LogP contribution >= 0.6 is 0 Å². The number of rotatable bonds is 6. The molecular formula is C23H23N3O3. The minimum Gasteiger partial charge on any atom is -0.493 e. The summed E-state index contributed by atoms with van der Waals surface area (Å²) in [5, 5.41) is 1.98. The first-order valence-corrected chi connectivity index (χ1v) is 9.66. The molecule has 0 unspecified atom stereocenters. The van der Waals surface area contributed by atoms with Crippen LogP contribution in [0.25, 0.3) is 21.8 Å².